The van der Waals surface area contributed by atoms with Crippen LogP contribution in [0.4, 0.5) is 5.69 Å². The van der Waals surface area contributed by atoms with Gasteiger partial charge in [-0.2, -0.15) is 17.0 Å². The Morgan fingerprint density at radius 2 is 2.32 bits per heavy atom. The number of nitriles is 1. The average Bonchev–Trinajstić information content (AvgIpc) is 2.95. The predicted molar refractivity (Wildman–Crippen MR) is 86.6 cm³/mol. The molecule has 0 unspecified atom stereocenters. The molecule has 0 aliphatic carbocycles. The van der Waals surface area contributed by atoms with Crippen LogP contribution in [0.25, 0.3) is 0 Å². The maximum Gasteiger partial charge on any atom is 0.276 e. The second kappa shape index (κ2) is 8.46. The number of nitrogens with zero attached hydrogens (tertiary/aromatic N) is 3. The summed E-state index contributed by atoms with van der Waals surface area (Å²) in [5.74, 6) is 1.70. The second-order valence-electron chi connectivity index (χ2n) is 4.23. The van der Waals surface area contributed by atoms with E-state index in [0.717, 1.165) is 0 Å². The van der Waals surface area contributed by atoms with Crippen LogP contribution in [0.15, 0.2) is 33.9 Å². The zero-order valence-electron chi connectivity index (χ0n) is 11.9. The number of carbonyl (C=O) groups is 1. The maximum atomic E-state index is 11.8. The smallest absolute Gasteiger partial charge is 0.276 e. The van der Waals surface area contributed by atoms with Gasteiger partial charge in [-0.3, -0.25) is 4.79 Å². The van der Waals surface area contributed by atoms with Gasteiger partial charge in [-0.1, -0.05) is 17.8 Å². The Morgan fingerprint density at radius 3 is 3.09 bits per heavy atom. The Kier molecular flexibility index (Phi) is 6.30. The van der Waals surface area contributed by atoms with Crippen LogP contribution in [-0.4, -0.2) is 28.1 Å². The minimum absolute atomic E-state index is 0.119. The SMILES string of the molecule is CSCc1nnc(SCCC(=O)Nc2cccc(C#N)c2)o1. The van der Waals surface area contributed by atoms with Gasteiger partial charge in [0.05, 0.1) is 17.4 Å². The number of amides is 1. The lowest BCUT2D eigenvalue weighted by molar-refractivity contribution is -0.115. The van der Waals surface area contributed by atoms with Crippen molar-refractivity contribution in [2.75, 3.05) is 17.3 Å². The van der Waals surface area contributed by atoms with Gasteiger partial charge >= 0.3 is 0 Å². The van der Waals surface area contributed by atoms with E-state index >= 15 is 0 Å². The molecule has 1 N–H and O–H groups in total. The summed E-state index contributed by atoms with van der Waals surface area (Å²) in [7, 11) is 0. The van der Waals surface area contributed by atoms with E-state index in [1.165, 1.54) is 11.8 Å². The van der Waals surface area contributed by atoms with Crippen molar-refractivity contribution >= 4 is 35.1 Å². The third kappa shape index (κ3) is 5.09. The van der Waals surface area contributed by atoms with Crippen molar-refractivity contribution in [2.45, 2.75) is 17.4 Å². The molecule has 2 rings (SSSR count). The first-order valence-electron chi connectivity index (χ1n) is 6.45. The summed E-state index contributed by atoms with van der Waals surface area (Å²) in [6.07, 6.45) is 2.28. The van der Waals surface area contributed by atoms with Gasteiger partial charge in [0.1, 0.15) is 0 Å². The number of rotatable bonds is 7. The minimum Gasteiger partial charge on any atom is -0.415 e. The number of aromatic nitrogens is 2. The molecule has 0 saturated carbocycles. The summed E-state index contributed by atoms with van der Waals surface area (Å²) in [6.45, 7) is 0. The molecule has 1 aromatic carbocycles. The summed E-state index contributed by atoms with van der Waals surface area (Å²) in [5, 5.41) is 19.8. The fourth-order valence-electron chi connectivity index (χ4n) is 1.60. The summed E-state index contributed by atoms with van der Waals surface area (Å²) in [5.41, 5.74) is 1.13. The van der Waals surface area contributed by atoms with Crippen LogP contribution in [0.1, 0.15) is 17.9 Å². The van der Waals surface area contributed by atoms with Crippen molar-refractivity contribution in [3.05, 3.63) is 35.7 Å². The van der Waals surface area contributed by atoms with Crippen molar-refractivity contribution in [1.82, 2.24) is 10.2 Å². The maximum absolute atomic E-state index is 11.8. The van der Waals surface area contributed by atoms with E-state index in [2.05, 4.69) is 15.5 Å². The number of hydrogen-bond acceptors (Lipinski definition) is 7. The van der Waals surface area contributed by atoms with Crippen LogP contribution in [0, 0.1) is 11.3 Å². The van der Waals surface area contributed by atoms with E-state index in [1.54, 1.807) is 36.0 Å². The zero-order valence-corrected chi connectivity index (χ0v) is 13.5. The van der Waals surface area contributed by atoms with Crippen LogP contribution in [0.2, 0.25) is 0 Å². The van der Waals surface area contributed by atoms with Gasteiger partial charge in [0.15, 0.2) is 0 Å². The van der Waals surface area contributed by atoms with Gasteiger partial charge in [0.25, 0.3) is 5.22 Å². The Balaban J connectivity index is 1.76. The lowest BCUT2D eigenvalue weighted by Crippen LogP contribution is -2.12. The number of hydrogen-bond donors (Lipinski definition) is 1. The van der Waals surface area contributed by atoms with E-state index < -0.39 is 0 Å². The highest BCUT2D eigenvalue weighted by Gasteiger charge is 2.08. The van der Waals surface area contributed by atoms with E-state index in [0.29, 0.717) is 40.3 Å². The molecule has 0 atom stereocenters. The normalized spacial score (nSPS) is 10.2. The summed E-state index contributed by atoms with van der Waals surface area (Å²) < 4.78 is 5.41. The Morgan fingerprint density at radius 1 is 1.45 bits per heavy atom. The van der Waals surface area contributed by atoms with Crippen molar-refractivity contribution in [1.29, 1.82) is 5.26 Å². The summed E-state index contributed by atoms with van der Waals surface area (Å²) in [6, 6.07) is 8.84. The first-order chi connectivity index (χ1) is 10.7. The molecule has 0 bridgehead atoms. The molecule has 6 nitrogen and oxygen atoms in total. The first kappa shape index (κ1) is 16.4. The number of benzene rings is 1. The van der Waals surface area contributed by atoms with Crippen molar-refractivity contribution in [2.24, 2.45) is 0 Å². The van der Waals surface area contributed by atoms with Gasteiger partial charge in [0, 0.05) is 17.9 Å². The van der Waals surface area contributed by atoms with Crippen LogP contribution in [-0.2, 0) is 10.5 Å². The molecular weight excluding hydrogens is 320 g/mol. The Bertz CT molecular complexity index is 681. The summed E-state index contributed by atoms with van der Waals surface area (Å²) in [4.78, 5) is 11.8. The molecule has 0 fully saturated rings. The Labute approximate surface area is 136 Å². The van der Waals surface area contributed by atoms with Crippen molar-refractivity contribution in [3.8, 4) is 6.07 Å². The molecular formula is C14H14N4O2S2. The third-order valence-electron chi connectivity index (χ3n) is 2.55. The second-order valence-corrected chi connectivity index (χ2v) is 6.15. The van der Waals surface area contributed by atoms with Gasteiger partial charge in [-0.25, -0.2) is 0 Å². The third-order valence-corrected chi connectivity index (χ3v) is 3.90. The van der Waals surface area contributed by atoms with E-state index in [-0.39, 0.29) is 5.91 Å². The lowest BCUT2D eigenvalue weighted by Gasteiger charge is -2.04. The number of nitrogens with one attached hydrogen (secondary N) is 1. The van der Waals surface area contributed by atoms with Crippen molar-refractivity contribution in [3.63, 3.8) is 0 Å². The fourth-order valence-corrected chi connectivity index (χ4v) is 2.68. The quantitative estimate of drug-likeness (QED) is 0.778. The van der Waals surface area contributed by atoms with Crippen LogP contribution in [0.3, 0.4) is 0 Å². The minimum atomic E-state index is -0.119. The topological polar surface area (TPSA) is 91.8 Å². The average molecular weight is 334 g/mol. The summed E-state index contributed by atoms with van der Waals surface area (Å²) >= 11 is 2.96. The van der Waals surface area contributed by atoms with Gasteiger partial charge in [-0.05, 0) is 24.5 Å². The van der Waals surface area contributed by atoms with E-state index in [4.69, 9.17) is 9.68 Å². The van der Waals surface area contributed by atoms with Gasteiger partial charge < -0.3 is 9.73 Å². The molecule has 2 aromatic rings. The molecule has 114 valence electrons. The lowest BCUT2D eigenvalue weighted by atomic mass is 10.2. The largest absolute Gasteiger partial charge is 0.415 e. The number of carbonyl (C=O) groups excluding carboxylic acids is 1. The first-order valence-corrected chi connectivity index (χ1v) is 8.83. The van der Waals surface area contributed by atoms with Crippen molar-refractivity contribution < 1.29 is 9.21 Å². The highest BCUT2D eigenvalue weighted by molar-refractivity contribution is 7.99. The van der Waals surface area contributed by atoms with Gasteiger partial charge in [0.2, 0.25) is 11.8 Å². The molecule has 8 heteroatoms. The number of thioether (sulfide) groups is 2. The molecule has 1 aromatic heterocycles. The molecule has 0 aliphatic rings. The molecule has 0 spiro atoms. The van der Waals surface area contributed by atoms with E-state index in [9.17, 15) is 4.79 Å². The zero-order chi connectivity index (χ0) is 15.8. The molecule has 22 heavy (non-hydrogen) atoms. The molecule has 1 amide bonds. The molecule has 0 saturated heterocycles. The van der Waals surface area contributed by atoms with Gasteiger partial charge in [-0.15, -0.1) is 10.2 Å². The predicted octanol–water partition coefficient (Wildman–Crippen LogP) is 2.93. The van der Waals surface area contributed by atoms with Crippen LogP contribution in [0.5, 0.6) is 0 Å². The molecule has 0 radical (unpaired) electrons. The van der Waals surface area contributed by atoms with Crippen LogP contribution < -0.4 is 5.32 Å². The highest BCUT2D eigenvalue weighted by Crippen LogP contribution is 2.19. The fraction of sp³-hybridized carbons (Fsp3) is 0.286. The highest BCUT2D eigenvalue weighted by atomic mass is 32.2. The standard InChI is InChI=1S/C14H14N4O2S2/c1-21-9-13-17-18-14(20-13)22-6-5-12(19)16-11-4-2-3-10(7-11)8-15/h2-4,7H,5-6,9H2,1H3,(H,16,19). The Hall–Kier alpha value is -1.98. The van der Waals surface area contributed by atoms with Crippen LogP contribution >= 0.6 is 23.5 Å². The monoisotopic (exact) mass is 334 g/mol. The molecule has 0 aliphatic heterocycles. The van der Waals surface area contributed by atoms with E-state index in [1.807, 2.05) is 12.3 Å². The number of anilines is 1. The molecule has 1 heterocycles.